The van der Waals surface area contributed by atoms with Gasteiger partial charge in [-0.2, -0.15) is 0 Å². The van der Waals surface area contributed by atoms with Crippen molar-refractivity contribution in [3.63, 3.8) is 0 Å². The first kappa shape index (κ1) is 40.5. The number of hydrogen-bond donors (Lipinski definition) is 3. The van der Waals surface area contributed by atoms with Crippen LogP contribution in [0.3, 0.4) is 0 Å². The molecule has 0 aromatic heterocycles. The fourth-order valence-corrected chi connectivity index (χ4v) is 2.73. The number of likely N-dealkylation sites (tertiary alicyclic amines) is 1. The topological polar surface area (TPSA) is 139 Å². The summed E-state index contributed by atoms with van der Waals surface area (Å²) in [6.45, 7) is 20.8. The molecule has 0 bridgehead atoms. The maximum Gasteiger partial charge on any atom is 0.287 e. The molecule has 9 heteroatoms. The number of hydrogen-bond acceptors (Lipinski definition) is 5. The first-order valence-corrected chi connectivity index (χ1v) is 13.2. The summed E-state index contributed by atoms with van der Waals surface area (Å²) in [5, 5.41) is 4.68. The first-order valence-electron chi connectivity index (χ1n) is 13.2. The quantitative estimate of drug-likeness (QED) is 0.244. The van der Waals surface area contributed by atoms with E-state index >= 15 is 0 Å². The van der Waals surface area contributed by atoms with Crippen molar-refractivity contribution in [2.45, 2.75) is 112 Å². The molecule has 0 aromatic carbocycles. The minimum Gasteiger partial charge on any atom is -0.363 e. The van der Waals surface area contributed by atoms with E-state index in [1.165, 1.54) is 12.8 Å². The average Bonchev–Trinajstić information content (AvgIpc) is 3.56. The van der Waals surface area contributed by atoms with Crippen LogP contribution < -0.4 is 16.4 Å². The van der Waals surface area contributed by atoms with E-state index in [4.69, 9.17) is 5.73 Å². The van der Waals surface area contributed by atoms with E-state index in [9.17, 15) is 24.0 Å². The Morgan fingerprint density at radius 2 is 1.50 bits per heavy atom. The predicted molar refractivity (Wildman–Crippen MR) is 148 cm³/mol. The molecule has 1 saturated carbocycles. The van der Waals surface area contributed by atoms with E-state index < -0.39 is 17.7 Å². The van der Waals surface area contributed by atoms with Crippen LogP contribution in [-0.2, 0) is 24.0 Å². The molecule has 0 aromatic rings. The molecule has 4 N–H and O–H groups in total. The Labute approximate surface area is 220 Å². The normalized spacial score (nSPS) is 15.3. The number of amides is 4. The van der Waals surface area contributed by atoms with Gasteiger partial charge >= 0.3 is 0 Å². The second kappa shape index (κ2) is 30.3. The lowest BCUT2D eigenvalue weighted by Crippen LogP contribution is -2.43. The molecular weight excluding hydrogens is 460 g/mol. The standard InChI is InChI=1S/C8H12N2O3.C8H14N2O2.2C3H8.C3H6.C2H6/c9-8(13)7(12)6(10-4-11)3-5-1-2-5;1-7-3-2-4-10(7)8(12)5-9-6-11;3*1-3-2;1-2/h4-6H,1-3H2,(H2,9,13)(H,10,11);6-7H,2-5H2,1H3,(H,9,11);2*3H2,1-2H3;3H,1H2,2H3;1-2H3. The van der Waals surface area contributed by atoms with Gasteiger partial charge in [0.25, 0.3) is 5.91 Å². The Morgan fingerprint density at radius 3 is 1.81 bits per heavy atom. The van der Waals surface area contributed by atoms with Crippen molar-refractivity contribution < 1.29 is 24.0 Å². The number of nitrogens with two attached hydrogens (primary N) is 1. The molecule has 2 unspecified atom stereocenters. The highest BCUT2D eigenvalue weighted by molar-refractivity contribution is 6.37. The fourth-order valence-electron chi connectivity index (χ4n) is 2.73. The highest BCUT2D eigenvalue weighted by Gasteiger charge is 2.31. The van der Waals surface area contributed by atoms with Crippen LogP contribution in [0, 0.1) is 5.92 Å². The number of primary amides is 1. The minimum absolute atomic E-state index is 0.0205. The lowest BCUT2D eigenvalue weighted by Gasteiger charge is -2.20. The molecule has 1 saturated heterocycles. The van der Waals surface area contributed by atoms with Crippen LogP contribution in [-0.4, -0.2) is 60.5 Å². The predicted octanol–water partition coefficient (Wildman–Crippen LogP) is 3.75. The number of nitrogens with one attached hydrogen (secondary N) is 2. The van der Waals surface area contributed by atoms with E-state index in [0.29, 0.717) is 31.2 Å². The zero-order valence-electron chi connectivity index (χ0n) is 24.1. The van der Waals surface area contributed by atoms with Crippen LogP contribution in [0.5, 0.6) is 0 Å². The zero-order valence-corrected chi connectivity index (χ0v) is 24.1. The Morgan fingerprint density at radius 1 is 1.03 bits per heavy atom. The summed E-state index contributed by atoms with van der Waals surface area (Å²) < 4.78 is 0. The van der Waals surface area contributed by atoms with Crippen molar-refractivity contribution in [3.05, 3.63) is 12.7 Å². The molecular formula is C27H54N4O5. The Bertz CT molecular complexity index is 579. The van der Waals surface area contributed by atoms with E-state index in [1.54, 1.807) is 6.08 Å². The van der Waals surface area contributed by atoms with Crippen LogP contribution >= 0.6 is 0 Å². The second-order valence-corrected chi connectivity index (χ2v) is 8.14. The van der Waals surface area contributed by atoms with Gasteiger partial charge in [0.05, 0.1) is 12.6 Å². The van der Waals surface area contributed by atoms with Crippen molar-refractivity contribution in [2.24, 2.45) is 11.7 Å². The van der Waals surface area contributed by atoms with Gasteiger partial charge < -0.3 is 21.3 Å². The van der Waals surface area contributed by atoms with Gasteiger partial charge in [0.1, 0.15) is 0 Å². The molecule has 36 heavy (non-hydrogen) atoms. The maximum atomic E-state index is 11.3. The molecule has 212 valence electrons. The zero-order chi connectivity index (χ0) is 28.9. The van der Waals surface area contributed by atoms with E-state index in [2.05, 4.69) is 44.9 Å². The number of rotatable bonds is 9. The largest absolute Gasteiger partial charge is 0.363 e. The molecule has 0 radical (unpaired) electrons. The molecule has 2 atom stereocenters. The van der Waals surface area contributed by atoms with Crippen molar-refractivity contribution in [1.82, 2.24) is 15.5 Å². The molecule has 4 amide bonds. The van der Waals surface area contributed by atoms with E-state index in [-0.39, 0.29) is 12.5 Å². The Kier molecular flexibility index (Phi) is 34.1. The summed E-state index contributed by atoms with van der Waals surface area (Å²) in [5.74, 6) is -1.22. The third-order valence-corrected chi connectivity index (χ3v) is 4.30. The van der Waals surface area contributed by atoms with Crippen LogP contribution in [0.4, 0.5) is 0 Å². The summed E-state index contributed by atoms with van der Waals surface area (Å²) in [5.41, 5.74) is 4.82. The van der Waals surface area contributed by atoms with Gasteiger partial charge in [0.2, 0.25) is 24.5 Å². The van der Waals surface area contributed by atoms with Crippen LogP contribution in [0.1, 0.15) is 100 Å². The highest BCUT2D eigenvalue weighted by atomic mass is 16.2. The van der Waals surface area contributed by atoms with Gasteiger partial charge in [-0.05, 0) is 39.0 Å². The first-order chi connectivity index (χ1) is 17.1. The summed E-state index contributed by atoms with van der Waals surface area (Å²) in [7, 11) is 0. The molecule has 2 rings (SSSR count). The third kappa shape index (κ3) is 25.9. The van der Waals surface area contributed by atoms with Gasteiger partial charge in [-0.1, -0.05) is 73.3 Å². The van der Waals surface area contributed by atoms with Gasteiger partial charge in [0, 0.05) is 12.6 Å². The summed E-state index contributed by atoms with van der Waals surface area (Å²) in [4.78, 5) is 54.8. The smallest absolute Gasteiger partial charge is 0.287 e. The number of carbonyl (C=O) groups excluding carboxylic acids is 5. The van der Waals surface area contributed by atoms with Crippen molar-refractivity contribution in [2.75, 3.05) is 13.1 Å². The molecule has 0 spiro atoms. The van der Waals surface area contributed by atoms with Crippen molar-refractivity contribution in [3.8, 4) is 0 Å². The highest BCUT2D eigenvalue weighted by Crippen LogP contribution is 2.33. The number of Topliss-reactive ketones (excluding diaryl/α,β-unsaturated/α-hetero) is 1. The molecule has 9 nitrogen and oxygen atoms in total. The molecule has 1 heterocycles. The van der Waals surface area contributed by atoms with E-state index in [0.717, 1.165) is 32.2 Å². The lowest BCUT2D eigenvalue weighted by molar-refractivity contribution is -0.137. The summed E-state index contributed by atoms with van der Waals surface area (Å²) in [6.07, 6.45) is 10.0. The Balaban J connectivity index is -0.000000204. The minimum atomic E-state index is -0.986. The van der Waals surface area contributed by atoms with Gasteiger partial charge in [0.15, 0.2) is 0 Å². The Hall–Kier alpha value is -2.71. The monoisotopic (exact) mass is 514 g/mol. The van der Waals surface area contributed by atoms with Crippen LogP contribution in [0.2, 0.25) is 0 Å². The summed E-state index contributed by atoms with van der Waals surface area (Å²) >= 11 is 0. The third-order valence-electron chi connectivity index (χ3n) is 4.30. The lowest BCUT2D eigenvalue weighted by atomic mass is 10.1. The molecule has 1 aliphatic heterocycles. The second-order valence-electron chi connectivity index (χ2n) is 8.14. The number of ketones is 1. The van der Waals surface area contributed by atoms with Crippen LogP contribution in [0.25, 0.3) is 0 Å². The van der Waals surface area contributed by atoms with Crippen molar-refractivity contribution >= 4 is 30.4 Å². The molecule has 1 aliphatic carbocycles. The molecule has 2 fully saturated rings. The van der Waals surface area contributed by atoms with Crippen molar-refractivity contribution in [1.29, 1.82) is 0 Å². The van der Waals surface area contributed by atoms with E-state index in [1.807, 2.05) is 32.6 Å². The van der Waals surface area contributed by atoms with Crippen LogP contribution in [0.15, 0.2) is 12.7 Å². The maximum absolute atomic E-state index is 11.3. The number of allylic oxidation sites excluding steroid dienone is 1. The average molecular weight is 515 g/mol. The van der Waals surface area contributed by atoms with Gasteiger partial charge in [-0.3, -0.25) is 24.0 Å². The van der Waals surface area contributed by atoms with Gasteiger partial charge in [-0.25, -0.2) is 0 Å². The SMILES string of the molecule is C=CC.CC.CC1CCCN1C(=O)CNC=O.CCC.CCC.NC(=O)C(=O)C(CC1CC1)NC=O. The summed E-state index contributed by atoms with van der Waals surface area (Å²) in [6, 6.07) is -0.381. The fraction of sp³-hybridized carbons (Fsp3) is 0.741. The number of nitrogens with zero attached hydrogens (tertiary/aromatic N) is 1. The van der Waals surface area contributed by atoms with Gasteiger partial charge in [-0.15, -0.1) is 6.58 Å². The molecule has 2 aliphatic rings. The number of carbonyl (C=O) groups is 5.